The van der Waals surface area contributed by atoms with Crippen LogP contribution in [0.3, 0.4) is 0 Å². The number of sulfonamides is 1. The molecule has 114 valence electrons. The average Bonchev–Trinajstić information content (AvgIpc) is 2.69. The van der Waals surface area contributed by atoms with E-state index in [0.717, 1.165) is 0 Å². The lowest BCUT2D eigenvalue weighted by atomic mass is 10.2. The second kappa shape index (κ2) is 5.88. The molecule has 21 heavy (non-hydrogen) atoms. The maximum absolute atomic E-state index is 12.6. The van der Waals surface area contributed by atoms with Crippen LogP contribution in [-0.2, 0) is 16.6 Å². The van der Waals surface area contributed by atoms with Crippen LogP contribution in [0.15, 0.2) is 27.5 Å². The summed E-state index contributed by atoms with van der Waals surface area (Å²) in [5.41, 5.74) is 6.25. The first-order valence-corrected chi connectivity index (χ1v) is 8.27. The molecule has 0 saturated heterocycles. The van der Waals surface area contributed by atoms with Crippen LogP contribution in [0.5, 0.6) is 0 Å². The normalized spacial score (nSPS) is 11.7. The SMILES string of the molecule is Cc1oc(C)c(S(=O)(=O)Nc2cccc(Cl)c2Cl)c1CN. The molecule has 0 amide bonds. The van der Waals surface area contributed by atoms with Crippen LogP contribution in [0.4, 0.5) is 5.69 Å². The number of halogens is 2. The molecular weight excluding hydrogens is 335 g/mol. The Balaban J connectivity index is 2.51. The molecule has 1 aromatic carbocycles. The van der Waals surface area contributed by atoms with E-state index in [2.05, 4.69) is 4.72 Å². The molecule has 0 atom stereocenters. The first-order valence-electron chi connectivity index (χ1n) is 6.03. The van der Waals surface area contributed by atoms with E-state index in [9.17, 15) is 8.42 Å². The van der Waals surface area contributed by atoms with Crippen molar-refractivity contribution in [3.05, 3.63) is 45.3 Å². The first kappa shape index (κ1) is 16.2. The van der Waals surface area contributed by atoms with Crippen LogP contribution in [-0.4, -0.2) is 8.42 Å². The Morgan fingerprint density at radius 2 is 1.90 bits per heavy atom. The fraction of sp³-hybridized carbons (Fsp3) is 0.231. The highest BCUT2D eigenvalue weighted by atomic mass is 35.5. The van der Waals surface area contributed by atoms with Gasteiger partial charge in [0.05, 0.1) is 15.7 Å². The van der Waals surface area contributed by atoms with Crippen molar-refractivity contribution in [1.29, 1.82) is 0 Å². The molecule has 5 nitrogen and oxygen atoms in total. The number of hydrogen-bond acceptors (Lipinski definition) is 4. The highest BCUT2D eigenvalue weighted by Gasteiger charge is 2.27. The summed E-state index contributed by atoms with van der Waals surface area (Å²) < 4.78 is 32.9. The standard InChI is InChI=1S/C13H14Cl2N2O3S/c1-7-9(6-16)13(8(2)20-7)21(18,19)17-11-5-3-4-10(14)12(11)15/h3-5,17H,6,16H2,1-2H3. The smallest absolute Gasteiger partial charge is 0.265 e. The third-order valence-corrected chi connectivity index (χ3v) is 5.37. The van der Waals surface area contributed by atoms with E-state index < -0.39 is 10.0 Å². The van der Waals surface area contributed by atoms with E-state index in [-0.39, 0.29) is 32.9 Å². The summed E-state index contributed by atoms with van der Waals surface area (Å²) in [5.74, 6) is 0.756. The topological polar surface area (TPSA) is 85.3 Å². The molecule has 0 saturated carbocycles. The number of furan rings is 1. The molecule has 0 fully saturated rings. The Morgan fingerprint density at radius 3 is 2.52 bits per heavy atom. The van der Waals surface area contributed by atoms with Gasteiger partial charge in [-0.1, -0.05) is 29.3 Å². The van der Waals surface area contributed by atoms with E-state index in [4.69, 9.17) is 33.4 Å². The van der Waals surface area contributed by atoms with Crippen molar-refractivity contribution in [2.24, 2.45) is 5.73 Å². The van der Waals surface area contributed by atoms with Crippen LogP contribution in [0.25, 0.3) is 0 Å². The average molecular weight is 349 g/mol. The lowest BCUT2D eigenvalue weighted by Crippen LogP contribution is -2.16. The number of benzene rings is 1. The van der Waals surface area contributed by atoms with Crippen LogP contribution < -0.4 is 10.5 Å². The van der Waals surface area contributed by atoms with E-state index >= 15 is 0 Å². The predicted molar refractivity (Wildman–Crippen MR) is 83.3 cm³/mol. The van der Waals surface area contributed by atoms with Crippen molar-refractivity contribution in [3.63, 3.8) is 0 Å². The summed E-state index contributed by atoms with van der Waals surface area (Å²) in [4.78, 5) is 0.0403. The molecule has 1 aromatic heterocycles. The number of nitrogens with one attached hydrogen (secondary N) is 1. The van der Waals surface area contributed by atoms with Gasteiger partial charge in [0, 0.05) is 12.1 Å². The second-order valence-corrected chi connectivity index (χ2v) is 6.84. The Labute approximate surface area is 133 Å². The predicted octanol–water partition coefficient (Wildman–Crippen LogP) is 3.46. The first-order chi connectivity index (χ1) is 9.77. The zero-order valence-electron chi connectivity index (χ0n) is 11.4. The number of anilines is 1. The van der Waals surface area contributed by atoms with Crippen molar-refractivity contribution in [3.8, 4) is 0 Å². The largest absolute Gasteiger partial charge is 0.465 e. The molecule has 1 heterocycles. The molecule has 0 aliphatic carbocycles. The highest BCUT2D eigenvalue weighted by molar-refractivity contribution is 7.92. The number of aryl methyl sites for hydroxylation is 2. The molecule has 0 bridgehead atoms. The molecule has 8 heteroatoms. The summed E-state index contributed by atoms with van der Waals surface area (Å²) in [6, 6.07) is 4.69. The van der Waals surface area contributed by atoms with Gasteiger partial charge in [-0.15, -0.1) is 0 Å². The Kier molecular flexibility index (Phi) is 4.53. The Morgan fingerprint density at radius 1 is 1.24 bits per heavy atom. The minimum atomic E-state index is -3.87. The lowest BCUT2D eigenvalue weighted by Gasteiger charge is -2.11. The van der Waals surface area contributed by atoms with Gasteiger partial charge in [0.25, 0.3) is 10.0 Å². The molecule has 0 radical (unpaired) electrons. The summed E-state index contributed by atoms with van der Waals surface area (Å²) in [6.45, 7) is 3.30. The van der Waals surface area contributed by atoms with Crippen LogP contribution in [0.2, 0.25) is 10.0 Å². The molecule has 0 aliphatic heterocycles. The fourth-order valence-electron chi connectivity index (χ4n) is 2.08. The molecule has 0 spiro atoms. The van der Waals surface area contributed by atoms with Gasteiger partial charge in [0.2, 0.25) is 0 Å². The van der Waals surface area contributed by atoms with Gasteiger partial charge in [0.1, 0.15) is 16.4 Å². The van der Waals surface area contributed by atoms with Gasteiger partial charge in [-0.05, 0) is 26.0 Å². The van der Waals surface area contributed by atoms with Crippen molar-refractivity contribution < 1.29 is 12.8 Å². The molecule has 3 N–H and O–H groups in total. The maximum Gasteiger partial charge on any atom is 0.265 e. The minimum absolute atomic E-state index is 0.0403. The maximum atomic E-state index is 12.6. The number of hydrogen-bond donors (Lipinski definition) is 2. The van der Waals surface area contributed by atoms with Gasteiger partial charge >= 0.3 is 0 Å². The fourth-order valence-corrected chi connectivity index (χ4v) is 4.01. The van der Waals surface area contributed by atoms with E-state index in [1.165, 1.54) is 6.07 Å². The molecule has 2 aromatic rings. The minimum Gasteiger partial charge on any atom is -0.465 e. The summed E-state index contributed by atoms with van der Waals surface area (Å²) >= 11 is 11.9. The van der Waals surface area contributed by atoms with E-state index in [1.807, 2.05) is 0 Å². The quantitative estimate of drug-likeness (QED) is 0.885. The van der Waals surface area contributed by atoms with E-state index in [0.29, 0.717) is 11.3 Å². The van der Waals surface area contributed by atoms with Crippen molar-refractivity contribution in [2.75, 3.05) is 4.72 Å². The molecule has 2 rings (SSSR count). The van der Waals surface area contributed by atoms with Gasteiger partial charge < -0.3 is 10.2 Å². The summed E-state index contributed by atoms with van der Waals surface area (Å²) in [5, 5.41) is 0.394. The van der Waals surface area contributed by atoms with Gasteiger partial charge in [-0.2, -0.15) is 0 Å². The molecule has 0 aliphatic rings. The monoisotopic (exact) mass is 348 g/mol. The zero-order chi connectivity index (χ0) is 15.8. The number of nitrogens with two attached hydrogens (primary N) is 1. The van der Waals surface area contributed by atoms with Crippen molar-refractivity contribution >= 4 is 38.9 Å². The van der Waals surface area contributed by atoms with Gasteiger partial charge in [-0.3, -0.25) is 4.72 Å². The third-order valence-electron chi connectivity index (χ3n) is 2.99. The van der Waals surface area contributed by atoms with Crippen LogP contribution >= 0.6 is 23.2 Å². The summed E-state index contributed by atoms with van der Waals surface area (Å²) in [6.07, 6.45) is 0. The second-order valence-electron chi connectivity index (χ2n) is 4.43. The zero-order valence-corrected chi connectivity index (χ0v) is 13.7. The lowest BCUT2D eigenvalue weighted by molar-refractivity contribution is 0.494. The Hall–Kier alpha value is -1.21. The molecular formula is C13H14Cl2N2O3S. The van der Waals surface area contributed by atoms with Gasteiger partial charge in [0.15, 0.2) is 0 Å². The van der Waals surface area contributed by atoms with Crippen LogP contribution in [0.1, 0.15) is 17.1 Å². The summed E-state index contributed by atoms with van der Waals surface area (Å²) in [7, 11) is -3.87. The van der Waals surface area contributed by atoms with Gasteiger partial charge in [-0.25, -0.2) is 8.42 Å². The molecule has 0 unspecified atom stereocenters. The van der Waals surface area contributed by atoms with Crippen molar-refractivity contribution in [1.82, 2.24) is 0 Å². The van der Waals surface area contributed by atoms with E-state index in [1.54, 1.807) is 26.0 Å². The number of rotatable bonds is 4. The van der Waals surface area contributed by atoms with Crippen molar-refractivity contribution in [2.45, 2.75) is 25.3 Å². The Bertz CT molecular complexity index is 785. The highest BCUT2D eigenvalue weighted by Crippen LogP contribution is 2.33. The third kappa shape index (κ3) is 3.03. The van der Waals surface area contributed by atoms with Crippen LogP contribution in [0, 0.1) is 13.8 Å².